The summed E-state index contributed by atoms with van der Waals surface area (Å²) in [5.74, 6) is -0.198. The Morgan fingerprint density at radius 1 is 1.55 bits per heavy atom. The van der Waals surface area contributed by atoms with Gasteiger partial charge in [0, 0.05) is 6.54 Å². The molecule has 0 bridgehead atoms. The van der Waals surface area contributed by atoms with Gasteiger partial charge >= 0.3 is 0 Å². The molecule has 5 nitrogen and oxygen atoms in total. The summed E-state index contributed by atoms with van der Waals surface area (Å²) < 4.78 is 0. The first-order valence-electron chi connectivity index (χ1n) is 6.37. The van der Waals surface area contributed by atoms with Gasteiger partial charge in [-0.2, -0.15) is 5.26 Å². The van der Waals surface area contributed by atoms with Crippen molar-refractivity contribution >= 4 is 18.3 Å². The standard InChI is InChI=1S/C14H18N4O.ClH/c1-10(16)13(19)18-14(6-7-17-9-14)12-5-3-2-4-11(12)8-15;/h2-5,10,17H,6-7,9,16H2,1H3,(H,18,19);1H/t10-,14+;/m0./s1. The molecule has 0 unspecified atom stereocenters. The lowest BCUT2D eigenvalue weighted by Crippen LogP contribution is -2.52. The number of carbonyl (C=O) groups excluding carboxylic acids is 1. The number of benzene rings is 1. The SMILES string of the molecule is C[C@H](N)C(=O)N[C@]1(c2ccccc2C#N)CCNC1.Cl. The van der Waals surface area contributed by atoms with Gasteiger partial charge in [-0.1, -0.05) is 18.2 Å². The molecule has 1 aromatic rings. The number of hydrogen-bond acceptors (Lipinski definition) is 4. The van der Waals surface area contributed by atoms with Gasteiger partial charge in [-0.05, 0) is 31.5 Å². The highest BCUT2D eigenvalue weighted by Gasteiger charge is 2.39. The summed E-state index contributed by atoms with van der Waals surface area (Å²) in [6.45, 7) is 3.07. The van der Waals surface area contributed by atoms with Crippen molar-refractivity contribution in [2.45, 2.75) is 24.9 Å². The minimum Gasteiger partial charge on any atom is -0.344 e. The van der Waals surface area contributed by atoms with E-state index in [4.69, 9.17) is 5.73 Å². The van der Waals surface area contributed by atoms with Crippen molar-refractivity contribution in [3.8, 4) is 6.07 Å². The van der Waals surface area contributed by atoms with Crippen LogP contribution in [0.4, 0.5) is 0 Å². The van der Waals surface area contributed by atoms with Gasteiger partial charge in [0.25, 0.3) is 0 Å². The van der Waals surface area contributed by atoms with E-state index >= 15 is 0 Å². The lowest BCUT2D eigenvalue weighted by atomic mass is 9.85. The minimum atomic E-state index is -0.563. The van der Waals surface area contributed by atoms with Crippen molar-refractivity contribution in [3.63, 3.8) is 0 Å². The van der Waals surface area contributed by atoms with E-state index in [2.05, 4.69) is 16.7 Å². The summed E-state index contributed by atoms with van der Waals surface area (Å²) >= 11 is 0. The van der Waals surface area contributed by atoms with Crippen molar-refractivity contribution in [2.75, 3.05) is 13.1 Å². The van der Waals surface area contributed by atoms with Crippen LogP contribution in [0.5, 0.6) is 0 Å². The number of hydrogen-bond donors (Lipinski definition) is 3. The lowest BCUT2D eigenvalue weighted by molar-refractivity contribution is -0.123. The molecule has 1 amide bonds. The summed E-state index contributed by atoms with van der Waals surface area (Å²) in [4.78, 5) is 11.9. The topological polar surface area (TPSA) is 90.9 Å². The third-order valence-corrected chi connectivity index (χ3v) is 3.49. The van der Waals surface area contributed by atoms with Gasteiger partial charge in [0.2, 0.25) is 5.91 Å². The first-order chi connectivity index (χ1) is 9.09. The van der Waals surface area contributed by atoms with E-state index in [9.17, 15) is 10.1 Å². The van der Waals surface area contributed by atoms with Crippen molar-refractivity contribution in [1.82, 2.24) is 10.6 Å². The highest BCUT2D eigenvalue weighted by Crippen LogP contribution is 2.30. The fourth-order valence-corrected chi connectivity index (χ4v) is 2.44. The number of carbonyl (C=O) groups is 1. The molecule has 20 heavy (non-hydrogen) atoms. The lowest BCUT2D eigenvalue weighted by Gasteiger charge is -2.31. The first kappa shape index (κ1) is 16.4. The monoisotopic (exact) mass is 294 g/mol. The molecule has 4 N–H and O–H groups in total. The van der Waals surface area contributed by atoms with Crippen LogP contribution in [-0.4, -0.2) is 25.0 Å². The van der Waals surface area contributed by atoms with E-state index in [0.29, 0.717) is 12.1 Å². The van der Waals surface area contributed by atoms with Crippen LogP contribution in [0.3, 0.4) is 0 Å². The Morgan fingerprint density at radius 2 is 2.25 bits per heavy atom. The average molecular weight is 295 g/mol. The van der Waals surface area contributed by atoms with Gasteiger partial charge < -0.3 is 16.4 Å². The van der Waals surface area contributed by atoms with E-state index in [1.54, 1.807) is 13.0 Å². The summed E-state index contributed by atoms with van der Waals surface area (Å²) in [6, 6.07) is 9.00. The van der Waals surface area contributed by atoms with E-state index < -0.39 is 11.6 Å². The Bertz CT molecular complexity index is 518. The van der Waals surface area contributed by atoms with Gasteiger partial charge in [0.15, 0.2) is 0 Å². The summed E-state index contributed by atoms with van der Waals surface area (Å²) in [7, 11) is 0. The number of nitrogens with one attached hydrogen (secondary N) is 2. The molecule has 0 radical (unpaired) electrons. The zero-order valence-corrected chi connectivity index (χ0v) is 12.2. The van der Waals surface area contributed by atoms with E-state index in [0.717, 1.165) is 18.5 Å². The van der Waals surface area contributed by atoms with Crippen molar-refractivity contribution < 1.29 is 4.79 Å². The Hall–Kier alpha value is -1.61. The van der Waals surface area contributed by atoms with Gasteiger partial charge in [0.1, 0.15) is 0 Å². The van der Waals surface area contributed by atoms with Crippen LogP contribution >= 0.6 is 12.4 Å². The van der Waals surface area contributed by atoms with E-state index in [-0.39, 0.29) is 18.3 Å². The Kier molecular flexibility index (Phi) is 5.52. The Labute approximate surface area is 124 Å². The van der Waals surface area contributed by atoms with Crippen LogP contribution in [0, 0.1) is 11.3 Å². The number of nitrogens with two attached hydrogens (primary N) is 1. The molecule has 1 saturated heterocycles. The number of nitrogens with zero attached hydrogens (tertiary/aromatic N) is 1. The maximum Gasteiger partial charge on any atom is 0.237 e. The summed E-state index contributed by atoms with van der Waals surface area (Å²) in [5, 5.41) is 15.5. The molecule has 0 aromatic heterocycles. The molecule has 1 aromatic carbocycles. The first-order valence-corrected chi connectivity index (χ1v) is 6.37. The van der Waals surface area contributed by atoms with E-state index in [1.165, 1.54) is 0 Å². The number of rotatable bonds is 3. The highest BCUT2D eigenvalue weighted by molar-refractivity contribution is 5.85. The fourth-order valence-electron chi connectivity index (χ4n) is 2.44. The van der Waals surface area contributed by atoms with Gasteiger partial charge in [0.05, 0.1) is 23.2 Å². The number of nitriles is 1. The second kappa shape index (κ2) is 6.71. The maximum atomic E-state index is 11.9. The molecular formula is C14H19ClN4O. The van der Waals surface area contributed by atoms with Crippen LogP contribution in [0.2, 0.25) is 0 Å². The minimum absolute atomic E-state index is 0. The van der Waals surface area contributed by atoms with Crippen LogP contribution in [0.15, 0.2) is 24.3 Å². The molecule has 6 heteroatoms. The smallest absolute Gasteiger partial charge is 0.237 e. The van der Waals surface area contributed by atoms with E-state index in [1.807, 2.05) is 18.2 Å². The van der Waals surface area contributed by atoms with Crippen molar-refractivity contribution in [2.24, 2.45) is 5.73 Å². The molecular weight excluding hydrogens is 276 g/mol. The predicted octanol–water partition coefficient (Wildman–Crippen LogP) is 0.632. The summed E-state index contributed by atoms with van der Waals surface area (Å²) in [6.07, 6.45) is 0.754. The maximum absolute atomic E-state index is 11.9. The zero-order chi connectivity index (χ0) is 13.9. The number of halogens is 1. The molecule has 1 heterocycles. The molecule has 1 aliphatic heterocycles. The Balaban J connectivity index is 0.00000200. The summed E-state index contributed by atoms with van der Waals surface area (Å²) in [5.41, 5.74) is 6.54. The normalized spacial score (nSPS) is 22.4. The Morgan fingerprint density at radius 3 is 2.80 bits per heavy atom. The molecule has 108 valence electrons. The van der Waals surface area contributed by atoms with Crippen LogP contribution in [-0.2, 0) is 10.3 Å². The van der Waals surface area contributed by atoms with Crippen LogP contribution < -0.4 is 16.4 Å². The quantitative estimate of drug-likeness (QED) is 0.763. The molecule has 0 spiro atoms. The van der Waals surface area contributed by atoms with Gasteiger partial charge in [-0.25, -0.2) is 0 Å². The molecule has 1 fully saturated rings. The van der Waals surface area contributed by atoms with Crippen LogP contribution in [0.1, 0.15) is 24.5 Å². The van der Waals surface area contributed by atoms with Gasteiger partial charge in [-0.15, -0.1) is 12.4 Å². The van der Waals surface area contributed by atoms with Gasteiger partial charge in [-0.3, -0.25) is 4.79 Å². The molecule has 0 saturated carbocycles. The molecule has 2 atom stereocenters. The molecule has 1 aliphatic rings. The largest absolute Gasteiger partial charge is 0.344 e. The second-order valence-electron chi connectivity index (χ2n) is 4.94. The molecule has 0 aliphatic carbocycles. The third kappa shape index (κ3) is 3.10. The third-order valence-electron chi connectivity index (χ3n) is 3.49. The molecule has 2 rings (SSSR count). The van der Waals surface area contributed by atoms with Crippen molar-refractivity contribution in [3.05, 3.63) is 35.4 Å². The van der Waals surface area contributed by atoms with Crippen LogP contribution in [0.25, 0.3) is 0 Å². The highest BCUT2D eigenvalue weighted by atomic mass is 35.5. The predicted molar refractivity (Wildman–Crippen MR) is 79.4 cm³/mol. The average Bonchev–Trinajstić information content (AvgIpc) is 2.88. The number of amides is 1. The fraction of sp³-hybridized carbons (Fsp3) is 0.429. The second-order valence-corrected chi connectivity index (χ2v) is 4.94. The van der Waals surface area contributed by atoms with Crippen molar-refractivity contribution in [1.29, 1.82) is 5.26 Å². The zero-order valence-electron chi connectivity index (χ0n) is 11.3.